The highest BCUT2D eigenvalue weighted by molar-refractivity contribution is 5.83. The lowest BCUT2D eigenvalue weighted by Gasteiger charge is -2.38. The van der Waals surface area contributed by atoms with E-state index in [0.717, 1.165) is 19.3 Å². The molecule has 5 nitrogen and oxygen atoms in total. The Morgan fingerprint density at radius 1 is 1.10 bits per heavy atom. The number of piperidine rings is 1. The summed E-state index contributed by atoms with van der Waals surface area (Å²) in [4.78, 5) is 27.3. The van der Waals surface area contributed by atoms with E-state index in [4.69, 9.17) is 0 Å². The number of aliphatic carboxylic acids is 1. The highest BCUT2D eigenvalue weighted by atomic mass is 16.4. The highest BCUT2D eigenvalue weighted by Crippen LogP contribution is 2.23. The molecule has 1 N–H and O–H groups in total. The largest absolute Gasteiger partial charge is 0.480 e. The van der Waals surface area contributed by atoms with E-state index >= 15 is 0 Å². The molecule has 0 aromatic heterocycles. The van der Waals surface area contributed by atoms with Crippen LogP contribution in [0.4, 0.5) is 4.79 Å². The maximum atomic E-state index is 12.7. The van der Waals surface area contributed by atoms with Crippen LogP contribution >= 0.6 is 0 Å². The molecule has 1 aromatic carbocycles. The smallest absolute Gasteiger partial charge is 0.326 e. The van der Waals surface area contributed by atoms with Crippen molar-refractivity contribution < 1.29 is 14.7 Å². The zero-order chi connectivity index (χ0) is 14.8. The minimum absolute atomic E-state index is 0.128. The first-order chi connectivity index (χ1) is 10.2. The van der Waals surface area contributed by atoms with E-state index in [1.165, 1.54) is 11.1 Å². The Morgan fingerprint density at radius 2 is 1.86 bits per heavy atom. The molecule has 2 amide bonds. The number of fused-ring (bicyclic) bond motifs is 1. The van der Waals surface area contributed by atoms with Gasteiger partial charge in [-0.2, -0.15) is 0 Å². The first kappa shape index (κ1) is 13.9. The van der Waals surface area contributed by atoms with Crippen molar-refractivity contribution in [3.05, 3.63) is 35.4 Å². The third kappa shape index (κ3) is 2.73. The number of carbonyl (C=O) groups is 2. The summed E-state index contributed by atoms with van der Waals surface area (Å²) in [5.74, 6) is -0.888. The maximum Gasteiger partial charge on any atom is 0.326 e. The summed E-state index contributed by atoms with van der Waals surface area (Å²) in [6, 6.07) is 7.34. The Kier molecular flexibility index (Phi) is 3.82. The zero-order valence-corrected chi connectivity index (χ0v) is 12.0. The van der Waals surface area contributed by atoms with Gasteiger partial charge in [-0.25, -0.2) is 9.59 Å². The number of carboxylic acids is 1. The fourth-order valence-corrected chi connectivity index (χ4v) is 3.26. The summed E-state index contributed by atoms with van der Waals surface area (Å²) in [6.07, 6.45) is 3.17. The van der Waals surface area contributed by atoms with Gasteiger partial charge in [0, 0.05) is 19.6 Å². The summed E-state index contributed by atoms with van der Waals surface area (Å²) < 4.78 is 0. The Hall–Kier alpha value is -2.04. The van der Waals surface area contributed by atoms with Crippen LogP contribution in [-0.4, -0.2) is 46.0 Å². The molecule has 3 rings (SSSR count). The van der Waals surface area contributed by atoms with E-state index in [9.17, 15) is 14.7 Å². The van der Waals surface area contributed by atoms with E-state index in [-0.39, 0.29) is 6.03 Å². The Balaban J connectivity index is 1.75. The monoisotopic (exact) mass is 288 g/mol. The van der Waals surface area contributed by atoms with Crippen LogP contribution in [-0.2, 0) is 17.8 Å². The van der Waals surface area contributed by atoms with Gasteiger partial charge in [0.25, 0.3) is 0 Å². The van der Waals surface area contributed by atoms with Crippen LogP contribution < -0.4 is 0 Å². The Labute approximate surface area is 124 Å². The van der Waals surface area contributed by atoms with Gasteiger partial charge in [0.2, 0.25) is 0 Å². The summed E-state index contributed by atoms with van der Waals surface area (Å²) in [5.41, 5.74) is 2.45. The quantitative estimate of drug-likeness (QED) is 0.861. The van der Waals surface area contributed by atoms with Gasteiger partial charge in [0.05, 0.1) is 0 Å². The van der Waals surface area contributed by atoms with E-state index in [1.54, 1.807) is 9.80 Å². The van der Waals surface area contributed by atoms with Crippen LogP contribution in [0.25, 0.3) is 0 Å². The molecule has 1 aromatic rings. The third-order valence-electron chi connectivity index (χ3n) is 4.43. The van der Waals surface area contributed by atoms with E-state index < -0.39 is 12.0 Å². The summed E-state index contributed by atoms with van der Waals surface area (Å²) >= 11 is 0. The molecule has 0 aliphatic carbocycles. The van der Waals surface area contributed by atoms with Gasteiger partial charge in [0.15, 0.2) is 0 Å². The second-order valence-electron chi connectivity index (χ2n) is 5.77. The molecule has 2 aliphatic rings. The van der Waals surface area contributed by atoms with Crippen molar-refractivity contribution in [3.63, 3.8) is 0 Å². The molecule has 0 spiro atoms. The third-order valence-corrected chi connectivity index (χ3v) is 4.43. The van der Waals surface area contributed by atoms with Crippen LogP contribution in [0.2, 0.25) is 0 Å². The first-order valence-electron chi connectivity index (χ1n) is 7.52. The van der Waals surface area contributed by atoms with E-state index in [1.807, 2.05) is 18.2 Å². The molecule has 21 heavy (non-hydrogen) atoms. The zero-order valence-electron chi connectivity index (χ0n) is 12.0. The van der Waals surface area contributed by atoms with Gasteiger partial charge >= 0.3 is 12.0 Å². The maximum absolute atomic E-state index is 12.7. The van der Waals surface area contributed by atoms with Crippen molar-refractivity contribution in [1.29, 1.82) is 0 Å². The van der Waals surface area contributed by atoms with Crippen molar-refractivity contribution in [2.24, 2.45) is 0 Å². The number of benzene rings is 1. The number of hydrogen-bond acceptors (Lipinski definition) is 2. The number of carboxylic acid groups (broad SMARTS) is 1. The number of urea groups is 1. The molecular weight excluding hydrogens is 268 g/mol. The van der Waals surface area contributed by atoms with Crippen LogP contribution in [0, 0.1) is 0 Å². The van der Waals surface area contributed by atoms with Gasteiger partial charge in [-0.15, -0.1) is 0 Å². The molecule has 1 atom stereocenters. The van der Waals surface area contributed by atoms with Crippen LogP contribution in [0.3, 0.4) is 0 Å². The lowest BCUT2D eigenvalue weighted by atomic mass is 9.99. The van der Waals surface area contributed by atoms with Gasteiger partial charge in [-0.1, -0.05) is 24.3 Å². The fraction of sp³-hybridized carbons (Fsp3) is 0.500. The predicted molar refractivity (Wildman–Crippen MR) is 77.9 cm³/mol. The average Bonchev–Trinajstić information content (AvgIpc) is 2.53. The Morgan fingerprint density at radius 3 is 2.62 bits per heavy atom. The summed E-state index contributed by atoms with van der Waals surface area (Å²) in [6.45, 7) is 1.80. The van der Waals surface area contributed by atoms with Crippen molar-refractivity contribution >= 4 is 12.0 Å². The molecule has 0 bridgehead atoms. The molecule has 112 valence electrons. The second kappa shape index (κ2) is 5.76. The number of amides is 2. The molecular formula is C16H20N2O3. The lowest BCUT2D eigenvalue weighted by Crippen LogP contribution is -2.53. The number of likely N-dealkylation sites (tertiary alicyclic amines) is 1. The molecule has 2 aliphatic heterocycles. The van der Waals surface area contributed by atoms with Crippen molar-refractivity contribution in [3.8, 4) is 0 Å². The highest BCUT2D eigenvalue weighted by Gasteiger charge is 2.35. The summed E-state index contributed by atoms with van der Waals surface area (Å²) in [7, 11) is 0. The topological polar surface area (TPSA) is 60.9 Å². The van der Waals surface area contributed by atoms with Crippen LogP contribution in [0.1, 0.15) is 30.4 Å². The van der Waals surface area contributed by atoms with Gasteiger partial charge in [-0.05, 0) is 36.8 Å². The standard InChI is InChI=1S/C16H20N2O3/c19-15(20)14-7-3-4-9-18(14)16(21)17-10-8-12-5-1-2-6-13(12)11-17/h1-2,5-6,14H,3-4,7-11H2,(H,19,20). The van der Waals surface area contributed by atoms with Crippen molar-refractivity contribution in [2.45, 2.75) is 38.3 Å². The summed E-state index contributed by atoms with van der Waals surface area (Å²) in [5, 5.41) is 9.30. The number of nitrogens with zero attached hydrogens (tertiary/aromatic N) is 2. The van der Waals surface area contributed by atoms with Crippen molar-refractivity contribution in [1.82, 2.24) is 9.80 Å². The molecule has 0 saturated carbocycles. The number of hydrogen-bond donors (Lipinski definition) is 1. The van der Waals surface area contributed by atoms with Crippen molar-refractivity contribution in [2.75, 3.05) is 13.1 Å². The number of carbonyl (C=O) groups excluding carboxylic acids is 1. The van der Waals surface area contributed by atoms with E-state index in [2.05, 4.69) is 6.07 Å². The molecule has 2 heterocycles. The van der Waals surface area contributed by atoms with Gasteiger partial charge in [-0.3, -0.25) is 0 Å². The molecule has 1 fully saturated rings. The molecule has 5 heteroatoms. The van der Waals surface area contributed by atoms with Gasteiger partial charge < -0.3 is 14.9 Å². The Bertz CT molecular complexity index is 558. The van der Waals surface area contributed by atoms with E-state index in [0.29, 0.717) is 26.1 Å². The predicted octanol–water partition coefficient (Wildman–Crippen LogP) is 2.10. The minimum atomic E-state index is -0.888. The minimum Gasteiger partial charge on any atom is -0.480 e. The number of rotatable bonds is 1. The second-order valence-corrected chi connectivity index (χ2v) is 5.77. The SMILES string of the molecule is O=C(O)C1CCCCN1C(=O)N1CCc2ccccc2C1. The average molecular weight is 288 g/mol. The first-order valence-corrected chi connectivity index (χ1v) is 7.52. The molecule has 0 radical (unpaired) electrons. The lowest BCUT2D eigenvalue weighted by molar-refractivity contribution is -0.143. The fourth-order valence-electron chi connectivity index (χ4n) is 3.26. The van der Waals surface area contributed by atoms with Crippen LogP contribution in [0.5, 0.6) is 0 Å². The van der Waals surface area contributed by atoms with Crippen LogP contribution in [0.15, 0.2) is 24.3 Å². The van der Waals surface area contributed by atoms with Gasteiger partial charge in [0.1, 0.15) is 6.04 Å². The molecule has 1 saturated heterocycles. The normalized spacial score (nSPS) is 21.8. The molecule has 1 unspecified atom stereocenters.